The third kappa shape index (κ3) is 1.63. The molecule has 0 bridgehead atoms. The molecule has 90 valence electrons. The molecule has 4 nitrogen and oxygen atoms in total. The van der Waals surface area contributed by atoms with E-state index in [4.69, 9.17) is 4.74 Å². The molecule has 3 rings (SSSR count). The molecule has 0 saturated heterocycles. The van der Waals surface area contributed by atoms with E-state index in [0.717, 1.165) is 32.2 Å². The Kier molecular flexibility index (Phi) is 2.72. The van der Waals surface area contributed by atoms with Crippen LogP contribution in [0.1, 0.15) is 10.4 Å². The second-order valence-electron chi connectivity index (χ2n) is 3.95. The molecule has 0 amide bonds. The van der Waals surface area contributed by atoms with Crippen molar-refractivity contribution >= 4 is 33.3 Å². The summed E-state index contributed by atoms with van der Waals surface area (Å²) < 4.78 is 7.06. The first-order chi connectivity index (χ1) is 8.22. The smallest absolute Gasteiger partial charge is 0.262 e. The van der Waals surface area contributed by atoms with Gasteiger partial charge in [0.15, 0.2) is 5.16 Å². The zero-order chi connectivity index (χ0) is 12.0. The lowest BCUT2D eigenvalue weighted by atomic mass is 10.1. The molecule has 6 heteroatoms. The summed E-state index contributed by atoms with van der Waals surface area (Å²) in [7, 11) is 1.78. The van der Waals surface area contributed by atoms with E-state index in [1.165, 1.54) is 11.8 Å². The normalized spacial score (nSPS) is 15.2. The second-order valence-corrected chi connectivity index (χ2v) is 5.81. The molecule has 1 aliphatic rings. The Bertz CT molecular complexity index is 645. The van der Waals surface area contributed by atoms with Gasteiger partial charge in [-0.3, -0.25) is 9.36 Å². The maximum atomic E-state index is 12.3. The van der Waals surface area contributed by atoms with Crippen molar-refractivity contribution in [3.63, 3.8) is 0 Å². The van der Waals surface area contributed by atoms with Crippen molar-refractivity contribution in [2.45, 2.75) is 18.2 Å². The fraction of sp³-hybridized carbons (Fsp3) is 0.455. The molecule has 0 saturated carbocycles. The van der Waals surface area contributed by atoms with Gasteiger partial charge in [-0.2, -0.15) is 0 Å². The third-order valence-electron chi connectivity index (χ3n) is 2.99. The highest BCUT2D eigenvalue weighted by molar-refractivity contribution is 7.98. The van der Waals surface area contributed by atoms with Crippen LogP contribution in [0.4, 0.5) is 0 Å². The van der Waals surface area contributed by atoms with E-state index in [1.807, 2.05) is 6.26 Å². The number of rotatable bonds is 1. The predicted molar refractivity (Wildman–Crippen MR) is 70.0 cm³/mol. The number of aromatic nitrogens is 2. The lowest BCUT2D eigenvalue weighted by Crippen LogP contribution is -2.20. The zero-order valence-electron chi connectivity index (χ0n) is 9.65. The molecule has 0 radical (unpaired) electrons. The van der Waals surface area contributed by atoms with Crippen molar-refractivity contribution in [2.24, 2.45) is 7.05 Å². The summed E-state index contributed by atoms with van der Waals surface area (Å²) in [4.78, 5) is 18.9. The molecule has 2 aromatic rings. The highest BCUT2D eigenvalue weighted by atomic mass is 32.2. The van der Waals surface area contributed by atoms with Crippen LogP contribution >= 0.6 is 23.1 Å². The molecule has 0 atom stereocenters. The number of thioether (sulfide) groups is 1. The zero-order valence-corrected chi connectivity index (χ0v) is 11.3. The lowest BCUT2D eigenvalue weighted by molar-refractivity contribution is 0.114. The molecule has 0 aliphatic carbocycles. The molecule has 1 aliphatic heterocycles. The van der Waals surface area contributed by atoms with E-state index >= 15 is 0 Å². The Balaban J connectivity index is 2.39. The maximum Gasteiger partial charge on any atom is 0.262 e. The molecule has 0 spiro atoms. The lowest BCUT2D eigenvalue weighted by Gasteiger charge is -2.11. The van der Waals surface area contributed by atoms with Gasteiger partial charge in [0.2, 0.25) is 0 Å². The van der Waals surface area contributed by atoms with E-state index in [1.54, 1.807) is 23.0 Å². The predicted octanol–water partition coefficient (Wildman–Crippen LogP) is 1.79. The van der Waals surface area contributed by atoms with Crippen molar-refractivity contribution < 1.29 is 4.74 Å². The average molecular weight is 268 g/mol. The Labute approximate surface area is 107 Å². The van der Waals surface area contributed by atoms with Crippen LogP contribution < -0.4 is 5.56 Å². The molecule has 0 aromatic carbocycles. The summed E-state index contributed by atoms with van der Waals surface area (Å²) in [6, 6.07) is 0. The van der Waals surface area contributed by atoms with Gasteiger partial charge in [0, 0.05) is 11.9 Å². The molecule has 17 heavy (non-hydrogen) atoms. The molecule has 0 unspecified atom stereocenters. The maximum absolute atomic E-state index is 12.3. The first kappa shape index (κ1) is 11.3. The van der Waals surface area contributed by atoms with Crippen molar-refractivity contribution in [3.8, 4) is 0 Å². The molecule has 0 fully saturated rings. The van der Waals surface area contributed by atoms with Crippen LogP contribution in [0.2, 0.25) is 0 Å². The quantitative estimate of drug-likeness (QED) is 0.584. The highest BCUT2D eigenvalue weighted by Crippen LogP contribution is 2.32. The summed E-state index contributed by atoms with van der Waals surface area (Å²) in [6.45, 7) is 1.32. The standard InChI is InChI=1S/C11H12N2O2S2/c1-13-10(14)8-6-3-4-15-5-7(6)17-9(8)12-11(13)16-2/h3-5H2,1-2H3. The van der Waals surface area contributed by atoms with Crippen LogP contribution in [0.5, 0.6) is 0 Å². The van der Waals surface area contributed by atoms with Gasteiger partial charge in [-0.1, -0.05) is 11.8 Å². The number of hydrogen-bond acceptors (Lipinski definition) is 5. The summed E-state index contributed by atoms with van der Waals surface area (Å²) in [5.74, 6) is 0. The van der Waals surface area contributed by atoms with Gasteiger partial charge in [0.05, 0.1) is 18.6 Å². The van der Waals surface area contributed by atoms with Crippen LogP contribution in [0.25, 0.3) is 10.2 Å². The molecule has 2 aromatic heterocycles. The van der Waals surface area contributed by atoms with Gasteiger partial charge >= 0.3 is 0 Å². The van der Waals surface area contributed by atoms with Crippen LogP contribution in [0, 0.1) is 0 Å². The van der Waals surface area contributed by atoms with Crippen molar-refractivity contribution in [3.05, 3.63) is 20.8 Å². The Morgan fingerprint density at radius 1 is 1.53 bits per heavy atom. The summed E-state index contributed by atoms with van der Waals surface area (Å²) in [6.07, 6.45) is 2.76. The van der Waals surface area contributed by atoms with Crippen LogP contribution in [0.15, 0.2) is 9.95 Å². The Morgan fingerprint density at radius 2 is 2.35 bits per heavy atom. The summed E-state index contributed by atoms with van der Waals surface area (Å²) >= 11 is 3.09. The number of ether oxygens (including phenoxy) is 1. The van der Waals surface area contributed by atoms with Gasteiger partial charge < -0.3 is 4.74 Å². The van der Waals surface area contributed by atoms with Gasteiger partial charge in [0.25, 0.3) is 5.56 Å². The molecule has 3 heterocycles. The van der Waals surface area contributed by atoms with Crippen LogP contribution in [-0.4, -0.2) is 22.4 Å². The molecular weight excluding hydrogens is 256 g/mol. The van der Waals surface area contributed by atoms with Gasteiger partial charge in [0.1, 0.15) is 4.83 Å². The summed E-state index contributed by atoms with van der Waals surface area (Å²) in [5, 5.41) is 1.57. The monoisotopic (exact) mass is 268 g/mol. The second kappa shape index (κ2) is 4.12. The van der Waals surface area contributed by atoms with Crippen molar-refractivity contribution in [2.75, 3.05) is 12.9 Å². The first-order valence-corrected chi connectivity index (χ1v) is 7.39. The van der Waals surface area contributed by atoms with Crippen molar-refractivity contribution in [1.29, 1.82) is 0 Å². The number of fused-ring (bicyclic) bond motifs is 3. The number of hydrogen-bond donors (Lipinski definition) is 0. The average Bonchev–Trinajstić information content (AvgIpc) is 2.72. The number of nitrogens with zero attached hydrogens (tertiary/aromatic N) is 2. The summed E-state index contributed by atoms with van der Waals surface area (Å²) in [5.41, 5.74) is 1.22. The Morgan fingerprint density at radius 3 is 3.12 bits per heavy atom. The topological polar surface area (TPSA) is 44.1 Å². The third-order valence-corrected chi connectivity index (χ3v) is 4.82. The van der Waals surface area contributed by atoms with Gasteiger partial charge in [-0.05, 0) is 18.2 Å². The molecule has 0 N–H and O–H groups in total. The first-order valence-electron chi connectivity index (χ1n) is 5.35. The van der Waals surface area contributed by atoms with E-state index in [9.17, 15) is 4.79 Å². The van der Waals surface area contributed by atoms with Crippen LogP contribution in [0.3, 0.4) is 0 Å². The van der Waals surface area contributed by atoms with E-state index in [0.29, 0.717) is 13.2 Å². The van der Waals surface area contributed by atoms with Gasteiger partial charge in [-0.25, -0.2) is 4.98 Å². The molecular formula is C11H12N2O2S2. The fourth-order valence-corrected chi connectivity index (χ4v) is 3.86. The van der Waals surface area contributed by atoms with E-state index in [-0.39, 0.29) is 5.56 Å². The number of thiophene rings is 1. The van der Waals surface area contributed by atoms with Crippen LogP contribution in [-0.2, 0) is 24.8 Å². The van der Waals surface area contributed by atoms with Crippen molar-refractivity contribution in [1.82, 2.24) is 9.55 Å². The largest absolute Gasteiger partial charge is 0.376 e. The minimum absolute atomic E-state index is 0.0683. The van der Waals surface area contributed by atoms with E-state index < -0.39 is 0 Å². The SMILES string of the molecule is CSc1nc2sc3c(c2c(=O)n1C)CCOC3. The minimum Gasteiger partial charge on any atom is -0.376 e. The fourth-order valence-electron chi connectivity index (χ4n) is 2.12. The van der Waals surface area contributed by atoms with Gasteiger partial charge in [-0.15, -0.1) is 11.3 Å². The Hall–Kier alpha value is -0.850. The highest BCUT2D eigenvalue weighted by Gasteiger charge is 2.21. The van der Waals surface area contributed by atoms with E-state index in [2.05, 4.69) is 4.98 Å². The minimum atomic E-state index is 0.0683.